The zero-order valence-electron chi connectivity index (χ0n) is 7.13. The fraction of sp³-hybridized carbons (Fsp3) is 0.778. The largest absolute Gasteiger partial charge is 0.370 e. The minimum atomic E-state index is 0.316. The van der Waals surface area contributed by atoms with E-state index in [2.05, 4.69) is 25.2 Å². The molecular formula is C9H15NO. The summed E-state index contributed by atoms with van der Waals surface area (Å²) in [6, 6.07) is 0.506. The zero-order chi connectivity index (χ0) is 7.84. The Balaban J connectivity index is 2.21. The number of rotatable bonds is 0. The van der Waals surface area contributed by atoms with E-state index in [4.69, 9.17) is 4.74 Å². The van der Waals surface area contributed by atoms with Crippen LogP contribution in [0.2, 0.25) is 0 Å². The second-order valence-corrected chi connectivity index (χ2v) is 3.47. The average Bonchev–Trinajstić information content (AvgIpc) is 2.34. The highest BCUT2D eigenvalue weighted by Gasteiger charge is 2.30. The van der Waals surface area contributed by atoms with Crippen LogP contribution >= 0.6 is 0 Å². The van der Waals surface area contributed by atoms with Gasteiger partial charge in [0.05, 0.1) is 18.2 Å². The Bertz CT molecular complexity index is 188. The van der Waals surface area contributed by atoms with Crippen molar-refractivity contribution in [3.8, 4) is 0 Å². The van der Waals surface area contributed by atoms with Crippen LogP contribution in [0.4, 0.5) is 0 Å². The first-order valence-electron chi connectivity index (χ1n) is 4.37. The summed E-state index contributed by atoms with van der Waals surface area (Å²) >= 11 is 0. The van der Waals surface area contributed by atoms with Crippen molar-refractivity contribution in [1.82, 2.24) is 5.32 Å². The molecule has 1 fully saturated rings. The first-order chi connectivity index (χ1) is 5.27. The van der Waals surface area contributed by atoms with Crippen LogP contribution in [-0.4, -0.2) is 24.8 Å². The van der Waals surface area contributed by atoms with Crippen molar-refractivity contribution in [2.45, 2.75) is 38.5 Å². The lowest BCUT2D eigenvalue weighted by Crippen LogP contribution is -2.40. The van der Waals surface area contributed by atoms with Crippen LogP contribution in [0.1, 0.15) is 20.3 Å². The molecule has 0 amide bonds. The summed E-state index contributed by atoms with van der Waals surface area (Å²) < 4.78 is 5.66. The van der Waals surface area contributed by atoms with E-state index in [0.29, 0.717) is 18.2 Å². The van der Waals surface area contributed by atoms with Gasteiger partial charge in [0, 0.05) is 0 Å². The highest BCUT2D eigenvalue weighted by molar-refractivity contribution is 5.21. The smallest absolute Gasteiger partial charge is 0.0746 e. The van der Waals surface area contributed by atoms with Crippen molar-refractivity contribution in [3.05, 3.63) is 11.6 Å². The van der Waals surface area contributed by atoms with Crippen LogP contribution in [0.5, 0.6) is 0 Å². The number of hydrogen-bond acceptors (Lipinski definition) is 2. The van der Waals surface area contributed by atoms with E-state index >= 15 is 0 Å². The Morgan fingerprint density at radius 3 is 3.18 bits per heavy atom. The monoisotopic (exact) mass is 153 g/mol. The predicted molar refractivity (Wildman–Crippen MR) is 44.5 cm³/mol. The Morgan fingerprint density at radius 1 is 1.55 bits per heavy atom. The quantitative estimate of drug-likeness (QED) is 0.526. The first kappa shape index (κ1) is 7.32. The molecule has 2 aliphatic rings. The van der Waals surface area contributed by atoms with E-state index in [0.717, 1.165) is 6.54 Å². The molecule has 0 aromatic rings. The van der Waals surface area contributed by atoms with Gasteiger partial charge in [-0.05, 0) is 26.8 Å². The molecule has 0 aromatic heterocycles. The molecule has 1 N–H and O–H groups in total. The molecule has 0 saturated carbocycles. The molecule has 1 saturated heterocycles. The van der Waals surface area contributed by atoms with Gasteiger partial charge in [-0.2, -0.15) is 0 Å². The predicted octanol–water partition coefficient (Wildman–Crippen LogP) is 1.08. The Labute approximate surface area is 67.6 Å². The molecule has 0 aliphatic carbocycles. The Hall–Kier alpha value is -0.340. The summed E-state index contributed by atoms with van der Waals surface area (Å²) in [6.45, 7) is 5.38. The van der Waals surface area contributed by atoms with Crippen LogP contribution in [0.15, 0.2) is 11.6 Å². The third-order valence-corrected chi connectivity index (χ3v) is 2.52. The second kappa shape index (κ2) is 2.61. The summed E-state index contributed by atoms with van der Waals surface area (Å²) in [7, 11) is 0. The van der Waals surface area contributed by atoms with Gasteiger partial charge < -0.3 is 10.1 Å². The van der Waals surface area contributed by atoms with Gasteiger partial charge in [-0.25, -0.2) is 0 Å². The van der Waals surface area contributed by atoms with Crippen molar-refractivity contribution in [2.24, 2.45) is 0 Å². The normalized spacial score (nSPS) is 43.5. The number of ether oxygens (including phenoxy) is 1. The molecule has 0 aromatic carbocycles. The highest BCUT2D eigenvalue weighted by atomic mass is 16.5. The Morgan fingerprint density at radius 2 is 2.36 bits per heavy atom. The van der Waals surface area contributed by atoms with E-state index in [1.807, 2.05) is 0 Å². The summed E-state index contributed by atoms with van der Waals surface area (Å²) in [5.41, 5.74) is 1.55. The van der Waals surface area contributed by atoms with Crippen LogP contribution in [0.3, 0.4) is 0 Å². The molecular weight excluding hydrogens is 138 g/mol. The van der Waals surface area contributed by atoms with E-state index in [1.165, 1.54) is 6.42 Å². The van der Waals surface area contributed by atoms with Gasteiger partial charge in [0.25, 0.3) is 0 Å². The molecule has 2 rings (SSSR count). The molecule has 3 atom stereocenters. The number of nitrogens with one attached hydrogen (secondary N) is 1. The SMILES string of the molecule is CC1C=C2CCN[C@@H]2[C@H](C)O1. The van der Waals surface area contributed by atoms with E-state index in [-0.39, 0.29) is 0 Å². The van der Waals surface area contributed by atoms with Gasteiger partial charge in [0.1, 0.15) is 0 Å². The maximum Gasteiger partial charge on any atom is 0.0746 e. The standard InChI is InChI=1S/C9H15NO/c1-6-5-8-3-4-10-9(8)7(2)11-6/h5-7,9-10H,3-4H2,1-2H3/t6?,7-,9+/m0/s1. The van der Waals surface area contributed by atoms with E-state index in [1.54, 1.807) is 5.57 Å². The van der Waals surface area contributed by atoms with E-state index in [9.17, 15) is 0 Å². The third kappa shape index (κ3) is 1.21. The maximum atomic E-state index is 5.66. The average molecular weight is 153 g/mol. The third-order valence-electron chi connectivity index (χ3n) is 2.52. The number of fused-ring (bicyclic) bond motifs is 1. The molecule has 62 valence electrons. The van der Waals surface area contributed by atoms with Crippen molar-refractivity contribution in [2.75, 3.05) is 6.54 Å². The van der Waals surface area contributed by atoms with Gasteiger partial charge in [0.15, 0.2) is 0 Å². The molecule has 0 bridgehead atoms. The number of hydrogen-bond donors (Lipinski definition) is 1. The van der Waals surface area contributed by atoms with Gasteiger partial charge in [-0.15, -0.1) is 0 Å². The first-order valence-corrected chi connectivity index (χ1v) is 4.37. The topological polar surface area (TPSA) is 21.3 Å². The van der Waals surface area contributed by atoms with Crippen molar-refractivity contribution >= 4 is 0 Å². The van der Waals surface area contributed by atoms with Crippen LogP contribution in [0, 0.1) is 0 Å². The van der Waals surface area contributed by atoms with Gasteiger partial charge in [0.2, 0.25) is 0 Å². The lowest BCUT2D eigenvalue weighted by atomic mass is 9.99. The molecule has 0 spiro atoms. The van der Waals surface area contributed by atoms with Crippen LogP contribution < -0.4 is 5.32 Å². The summed E-state index contributed by atoms with van der Waals surface area (Å²) in [4.78, 5) is 0. The van der Waals surface area contributed by atoms with Crippen molar-refractivity contribution in [3.63, 3.8) is 0 Å². The van der Waals surface area contributed by atoms with Crippen molar-refractivity contribution in [1.29, 1.82) is 0 Å². The van der Waals surface area contributed by atoms with Crippen LogP contribution in [0.25, 0.3) is 0 Å². The van der Waals surface area contributed by atoms with Gasteiger partial charge >= 0.3 is 0 Å². The summed E-state index contributed by atoms with van der Waals surface area (Å²) in [5, 5.41) is 3.44. The molecule has 2 aliphatic heterocycles. The molecule has 0 radical (unpaired) electrons. The fourth-order valence-electron chi connectivity index (χ4n) is 2.07. The minimum absolute atomic E-state index is 0.316. The van der Waals surface area contributed by atoms with Gasteiger partial charge in [-0.3, -0.25) is 0 Å². The molecule has 2 heteroatoms. The van der Waals surface area contributed by atoms with E-state index < -0.39 is 0 Å². The zero-order valence-corrected chi connectivity index (χ0v) is 7.13. The van der Waals surface area contributed by atoms with Crippen LogP contribution in [-0.2, 0) is 4.74 Å². The second-order valence-electron chi connectivity index (χ2n) is 3.47. The lowest BCUT2D eigenvalue weighted by molar-refractivity contribution is 0.0107. The summed E-state index contributed by atoms with van der Waals surface area (Å²) in [5.74, 6) is 0. The lowest BCUT2D eigenvalue weighted by Gasteiger charge is -2.29. The fourth-order valence-corrected chi connectivity index (χ4v) is 2.07. The summed E-state index contributed by atoms with van der Waals surface area (Å²) in [6.07, 6.45) is 4.14. The molecule has 1 unspecified atom stereocenters. The Kier molecular flexibility index (Phi) is 1.74. The molecule has 2 heterocycles. The molecule has 2 nitrogen and oxygen atoms in total. The van der Waals surface area contributed by atoms with Crippen molar-refractivity contribution < 1.29 is 4.74 Å². The van der Waals surface area contributed by atoms with Gasteiger partial charge in [-0.1, -0.05) is 11.6 Å². The highest BCUT2D eigenvalue weighted by Crippen LogP contribution is 2.25. The maximum absolute atomic E-state index is 5.66. The molecule has 11 heavy (non-hydrogen) atoms. The minimum Gasteiger partial charge on any atom is -0.370 e.